The predicted molar refractivity (Wildman–Crippen MR) is 50.1 cm³/mol. The first-order valence-electron chi connectivity index (χ1n) is 4.09. The van der Waals surface area contributed by atoms with Crippen molar-refractivity contribution in [3.8, 4) is 6.07 Å². The van der Waals surface area contributed by atoms with E-state index < -0.39 is 5.41 Å². The number of carbonyl (C=O) groups excluding carboxylic acids is 1. The van der Waals surface area contributed by atoms with Crippen molar-refractivity contribution in [3.63, 3.8) is 0 Å². The van der Waals surface area contributed by atoms with Crippen molar-refractivity contribution in [3.05, 3.63) is 35.9 Å². The zero-order chi connectivity index (χ0) is 9.90. The molecule has 66 valence electrons. The van der Waals surface area contributed by atoms with E-state index >= 15 is 0 Å². The van der Waals surface area contributed by atoms with E-state index in [1.165, 1.54) is 6.92 Å². The van der Waals surface area contributed by atoms with Gasteiger partial charge in [0, 0.05) is 0 Å². The lowest BCUT2D eigenvalue weighted by Crippen LogP contribution is -2.28. The van der Waals surface area contributed by atoms with E-state index in [0.717, 1.165) is 5.56 Å². The normalized spacial score (nSPS) is 14.2. The van der Waals surface area contributed by atoms with Gasteiger partial charge in [-0.05, 0) is 19.4 Å². The fourth-order valence-electron chi connectivity index (χ4n) is 1.12. The van der Waals surface area contributed by atoms with Crippen molar-refractivity contribution in [1.82, 2.24) is 0 Å². The fourth-order valence-corrected chi connectivity index (χ4v) is 1.12. The molecule has 2 heteroatoms. The van der Waals surface area contributed by atoms with Crippen molar-refractivity contribution in [2.45, 2.75) is 19.3 Å². The zero-order valence-electron chi connectivity index (χ0n) is 7.74. The maximum atomic E-state index is 11.3. The molecule has 0 aromatic heterocycles. The summed E-state index contributed by atoms with van der Waals surface area (Å²) in [5.74, 6) is -0.124. The number of carbonyl (C=O) groups is 1. The van der Waals surface area contributed by atoms with E-state index in [9.17, 15) is 4.79 Å². The molecule has 0 bridgehead atoms. The van der Waals surface area contributed by atoms with Crippen LogP contribution in [0.25, 0.3) is 0 Å². The Bertz CT molecular complexity index is 350. The van der Waals surface area contributed by atoms with Crippen molar-refractivity contribution < 1.29 is 4.79 Å². The summed E-state index contributed by atoms with van der Waals surface area (Å²) in [5, 5.41) is 8.94. The van der Waals surface area contributed by atoms with Crippen molar-refractivity contribution >= 4 is 5.78 Å². The van der Waals surface area contributed by atoms with Gasteiger partial charge in [-0.25, -0.2) is 0 Å². The van der Waals surface area contributed by atoms with Gasteiger partial charge in [0.2, 0.25) is 0 Å². The van der Waals surface area contributed by atoms with Crippen LogP contribution in [0.5, 0.6) is 0 Å². The van der Waals surface area contributed by atoms with Gasteiger partial charge < -0.3 is 0 Å². The first kappa shape index (κ1) is 9.47. The molecule has 1 aromatic rings. The summed E-state index contributed by atoms with van der Waals surface area (Å²) in [4.78, 5) is 11.3. The SMILES string of the molecule is CC(=O)C(C)(C#N)c1ccccc1. The van der Waals surface area contributed by atoms with E-state index in [4.69, 9.17) is 5.26 Å². The summed E-state index contributed by atoms with van der Waals surface area (Å²) < 4.78 is 0. The van der Waals surface area contributed by atoms with Crippen LogP contribution in [0.1, 0.15) is 19.4 Å². The predicted octanol–water partition coefficient (Wildman–Crippen LogP) is 2.06. The molecule has 0 aliphatic carbocycles. The third-order valence-corrected chi connectivity index (χ3v) is 2.28. The second-order valence-electron chi connectivity index (χ2n) is 3.16. The van der Waals surface area contributed by atoms with E-state index in [0.29, 0.717) is 0 Å². The van der Waals surface area contributed by atoms with E-state index in [1.807, 2.05) is 24.3 Å². The van der Waals surface area contributed by atoms with Gasteiger partial charge in [0.15, 0.2) is 5.78 Å². The van der Waals surface area contributed by atoms with Crippen molar-refractivity contribution in [1.29, 1.82) is 5.26 Å². The van der Waals surface area contributed by atoms with Gasteiger partial charge in [-0.3, -0.25) is 4.79 Å². The molecule has 0 aliphatic rings. The van der Waals surface area contributed by atoms with Gasteiger partial charge in [0.05, 0.1) is 6.07 Å². The van der Waals surface area contributed by atoms with Gasteiger partial charge in [0.25, 0.3) is 0 Å². The second-order valence-corrected chi connectivity index (χ2v) is 3.16. The number of ketones is 1. The Labute approximate surface area is 77.8 Å². The Kier molecular flexibility index (Phi) is 2.48. The van der Waals surface area contributed by atoms with Crippen molar-refractivity contribution in [2.24, 2.45) is 0 Å². The first-order valence-corrected chi connectivity index (χ1v) is 4.09. The van der Waals surface area contributed by atoms with Crippen LogP contribution in [-0.2, 0) is 10.2 Å². The zero-order valence-corrected chi connectivity index (χ0v) is 7.74. The van der Waals surface area contributed by atoms with Crippen LogP contribution in [0.2, 0.25) is 0 Å². The molecule has 0 spiro atoms. The third kappa shape index (κ3) is 1.59. The molecule has 1 aromatic carbocycles. The number of benzene rings is 1. The number of hydrogen-bond acceptors (Lipinski definition) is 2. The van der Waals surface area contributed by atoms with Crippen LogP contribution >= 0.6 is 0 Å². The van der Waals surface area contributed by atoms with Crippen LogP contribution in [0.3, 0.4) is 0 Å². The Morgan fingerprint density at radius 3 is 2.31 bits per heavy atom. The lowest BCUT2D eigenvalue weighted by atomic mass is 9.81. The molecule has 0 amide bonds. The maximum absolute atomic E-state index is 11.3. The molecule has 0 heterocycles. The third-order valence-electron chi connectivity index (χ3n) is 2.28. The smallest absolute Gasteiger partial charge is 0.154 e. The van der Waals surface area contributed by atoms with Gasteiger partial charge in [-0.1, -0.05) is 30.3 Å². The molecule has 0 fully saturated rings. The largest absolute Gasteiger partial charge is 0.298 e. The van der Waals surface area contributed by atoms with Gasteiger partial charge >= 0.3 is 0 Å². The van der Waals surface area contributed by atoms with Gasteiger partial charge in [0.1, 0.15) is 5.41 Å². The highest BCUT2D eigenvalue weighted by Crippen LogP contribution is 2.23. The summed E-state index contributed by atoms with van der Waals surface area (Å²) >= 11 is 0. The van der Waals surface area contributed by atoms with Gasteiger partial charge in [-0.15, -0.1) is 0 Å². The fraction of sp³-hybridized carbons (Fsp3) is 0.273. The highest BCUT2D eigenvalue weighted by atomic mass is 16.1. The summed E-state index contributed by atoms with van der Waals surface area (Å²) in [6.07, 6.45) is 0. The molecular formula is C11H11NO. The molecule has 0 saturated heterocycles. The molecule has 0 saturated carbocycles. The molecule has 0 radical (unpaired) electrons. The van der Waals surface area contributed by atoms with Crippen molar-refractivity contribution in [2.75, 3.05) is 0 Å². The van der Waals surface area contributed by atoms with E-state index in [-0.39, 0.29) is 5.78 Å². The number of nitrogens with zero attached hydrogens (tertiary/aromatic N) is 1. The molecule has 1 rings (SSSR count). The average Bonchev–Trinajstić information content (AvgIpc) is 2.17. The maximum Gasteiger partial charge on any atom is 0.154 e. The quantitative estimate of drug-likeness (QED) is 0.686. The summed E-state index contributed by atoms with van der Waals surface area (Å²) in [6, 6.07) is 11.2. The average molecular weight is 173 g/mol. The van der Waals surface area contributed by atoms with Crippen LogP contribution < -0.4 is 0 Å². The molecule has 1 unspecified atom stereocenters. The number of nitriles is 1. The van der Waals surface area contributed by atoms with E-state index in [2.05, 4.69) is 0 Å². The molecular weight excluding hydrogens is 162 g/mol. The summed E-state index contributed by atoms with van der Waals surface area (Å²) in [5.41, 5.74) is -0.244. The lowest BCUT2D eigenvalue weighted by molar-refractivity contribution is -0.120. The molecule has 0 N–H and O–H groups in total. The minimum absolute atomic E-state index is 0.124. The summed E-state index contributed by atoms with van der Waals surface area (Å²) in [6.45, 7) is 3.08. The molecule has 2 nitrogen and oxygen atoms in total. The Balaban J connectivity index is 3.21. The molecule has 13 heavy (non-hydrogen) atoms. The minimum atomic E-state index is -0.999. The number of hydrogen-bond donors (Lipinski definition) is 0. The van der Waals surface area contributed by atoms with Gasteiger partial charge in [-0.2, -0.15) is 5.26 Å². The highest BCUT2D eigenvalue weighted by Gasteiger charge is 2.31. The van der Waals surface area contributed by atoms with Crippen LogP contribution in [0, 0.1) is 11.3 Å². The van der Waals surface area contributed by atoms with Crippen LogP contribution in [0.4, 0.5) is 0 Å². The minimum Gasteiger partial charge on any atom is -0.298 e. The Hall–Kier alpha value is -1.62. The molecule has 1 atom stereocenters. The highest BCUT2D eigenvalue weighted by molar-refractivity contribution is 5.90. The van der Waals surface area contributed by atoms with Crippen LogP contribution in [-0.4, -0.2) is 5.78 Å². The Morgan fingerprint density at radius 1 is 1.38 bits per heavy atom. The number of Topliss-reactive ketones (excluding diaryl/α,β-unsaturated/α-hetero) is 1. The topological polar surface area (TPSA) is 40.9 Å². The number of rotatable bonds is 2. The lowest BCUT2D eigenvalue weighted by Gasteiger charge is -2.17. The van der Waals surface area contributed by atoms with E-state index in [1.54, 1.807) is 19.1 Å². The first-order chi connectivity index (χ1) is 6.11. The van der Waals surface area contributed by atoms with Crippen LogP contribution in [0.15, 0.2) is 30.3 Å². The summed E-state index contributed by atoms with van der Waals surface area (Å²) in [7, 11) is 0. The second kappa shape index (κ2) is 3.40. The molecule has 0 aliphatic heterocycles. The standard InChI is InChI=1S/C11H11NO/c1-9(13)11(2,8-12)10-6-4-3-5-7-10/h3-7H,1-2H3. The Morgan fingerprint density at radius 2 is 1.92 bits per heavy atom. The monoisotopic (exact) mass is 173 g/mol.